The van der Waals surface area contributed by atoms with E-state index in [1.807, 2.05) is 30.3 Å². The number of nitrogens with one attached hydrogen (secondary N) is 1. The Kier molecular flexibility index (Phi) is 4.45. The standard InChI is InChI=1S/C15H19N3/c1-2-3-4-9-15(18-16)14-11-10-12-7-5-6-8-13(12)17-14/h2,5-8,10-11,15,18H,1,3-4,9,16H2. The quantitative estimate of drug-likeness (QED) is 0.353. The van der Waals surface area contributed by atoms with Gasteiger partial charge in [-0.1, -0.05) is 30.3 Å². The Morgan fingerprint density at radius 2 is 2.11 bits per heavy atom. The Bertz CT molecular complexity index is 522. The smallest absolute Gasteiger partial charge is 0.0706 e. The number of fused-ring (bicyclic) bond motifs is 1. The van der Waals surface area contributed by atoms with Gasteiger partial charge in [-0.3, -0.25) is 16.3 Å². The third-order valence-electron chi connectivity index (χ3n) is 3.08. The van der Waals surface area contributed by atoms with Crippen LogP contribution in [-0.2, 0) is 0 Å². The van der Waals surface area contributed by atoms with Gasteiger partial charge in [0.15, 0.2) is 0 Å². The summed E-state index contributed by atoms with van der Waals surface area (Å²) in [6.07, 6.45) is 4.97. The highest BCUT2D eigenvalue weighted by Crippen LogP contribution is 2.20. The zero-order valence-corrected chi connectivity index (χ0v) is 10.5. The fourth-order valence-corrected chi connectivity index (χ4v) is 2.06. The minimum absolute atomic E-state index is 0.106. The molecule has 1 aromatic heterocycles. The Hall–Kier alpha value is -1.71. The molecular weight excluding hydrogens is 222 g/mol. The van der Waals surface area contributed by atoms with E-state index in [9.17, 15) is 0 Å². The second-order valence-electron chi connectivity index (χ2n) is 4.37. The van der Waals surface area contributed by atoms with Crippen LogP contribution in [0.3, 0.4) is 0 Å². The summed E-state index contributed by atoms with van der Waals surface area (Å²) in [4.78, 5) is 4.66. The van der Waals surface area contributed by atoms with Crippen LogP contribution in [0.15, 0.2) is 49.1 Å². The molecule has 0 amide bonds. The predicted octanol–water partition coefficient (Wildman–Crippen LogP) is 3.10. The van der Waals surface area contributed by atoms with E-state index in [-0.39, 0.29) is 6.04 Å². The molecule has 0 fully saturated rings. The van der Waals surface area contributed by atoms with Crippen molar-refractivity contribution in [1.29, 1.82) is 0 Å². The van der Waals surface area contributed by atoms with Crippen LogP contribution in [0, 0.1) is 0 Å². The molecule has 1 heterocycles. The summed E-state index contributed by atoms with van der Waals surface area (Å²) >= 11 is 0. The fraction of sp³-hybridized carbons (Fsp3) is 0.267. The number of para-hydroxylation sites is 1. The first-order valence-electron chi connectivity index (χ1n) is 6.28. The van der Waals surface area contributed by atoms with Crippen molar-refractivity contribution in [3.05, 3.63) is 54.7 Å². The molecule has 0 bridgehead atoms. The Labute approximate surface area is 108 Å². The fourth-order valence-electron chi connectivity index (χ4n) is 2.06. The summed E-state index contributed by atoms with van der Waals surface area (Å²) in [7, 11) is 0. The molecule has 1 unspecified atom stereocenters. The van der Waals surface area contributed by atoms with Crippen LogP contribution >= 0.6 is 0 Å². The van der Waals surface area contributed by atoms with Gasteiger partial charge in [0.1, 0.15) is 0 Å². The molecule has 0 aliphatic heterocycles. The van der Waals surface area contributed by atoms with Gasteiger partial charge in [-0.25, -0.2) is 0 Å². The minimum atomic E-state index is 0.106. The summed E-state index contributed by atoms with van der Waals surface area (Å²) in [6, 6.07) is 12.4. The lowest BCUT2D eigenvalue weighted by Crippen LogP contribution is -2.28. The molecule has 0 radical (unpaired) electrons. The van der Waals surface area contributed by atoms with Crippen molar-refractivity contribution >= 4 is 10.9 Å². The molecule has 1 aromatic carbocycles. The van der Waals surface area contributed by atoms with E-state index in [2.05, 4.69) is 29.1 Å². The third kappa shape index (κ3) is 2.94. The van der Waals surface area contributed by atoms with E-state index in [4.69, 9.17) is 5.84 Å². The zero-order chi connectivity index (χ0) is 12.8. The molecule has 0 saturated heterocycles. The number of hydrogen-bond acceptors (Lipinski definition) is 3. The van der Waals surface area contributed by atoms with Gasteiger partial charge in [0, 0.05) is 5.39 Å². The van der Waals surface area contributed by atoms with Crippen molar-refractivity contribution in [2.75, 3.05) is 0 Å². The van der Waals surface area contributed by atoms with Crippen molar-refractivity contribution in [2.45, 2.75) is 25.3 Å². The molecule has 18 heavy (non-hydrogen) atoms. The summed E-state index contributed by atoms with van der Waals surface area (Å²) in [5.74, 6) is 5.62. The van der Waals surface area contributed by atoms with Crippen LogP contribution in [0.2, 0.25) is 0 Å². The molecule has 3 heteroatoms. The van der Waals surface area contributed by atoms with E-state index in [0.29, 0.717) is 0 Å². The topological polar surface area (TPSA) is 50.9 Å². The van der Waals surface area contributed by atoms with Crippen LogP contribution in [0.4, 0.5) is 0 Å². The number of hydrazine groups is 1. The summed E-state index contributed by atoms with van der Waals surface area (Å²) in [5.41, 5.74) is 4.86. The van der Waals surface area contributed by atoms with Crippen molar-refractivity contribution in [1.82, 2.24) is 10.4 Å². The van der Waals surface area contributed by atoms with Gasteiger partial charge in [0.2, 0.25) is 0 Å². The molecule has 94 valence electrons. The second-order valence-corrected chi connectivity index (χ2v) is 4.37. The number of hydrogen-bond donors (Lipinski definition) is 2. The van der Waals surface area contributed by atoms with Crippen LogP contribution in [0.25, 0.3) is 10.9 Å². The number of nitrogens with two attached hydrogens (primary N) is 1. The number of pyridine rings is 1. The third-order valence-corrected chi connectivity index (χ3v) is 3.08. The van der Waals surface area contributed by atoms with E-state index in [0.717, 1.165) is 35.9 Å². The van der Waals surface area contributed by atoms with Gasteiger partial charge in [-0.2, -0.15) is 0 Å². The predicted molar refractivity (Wildman–Crippen MR) is 75.9 cm³/mol. The maximum absolute atomic E-state index is 5.62. The van der Waals surface area contributed by atoms with Crippen LogP contribution in [0.1, 0.15) is 31.0 Å². The van der Waals surface area contributed by atoms with Gasteiger partial charge in [0.25, 0.3) is 0 Å². The zero-order valence-electron chi connectivity index (χ0n) is 10.5. The molecule has 0 aliphatic carbocycles. The van der Waals surface area contributed by atoms with Crippen LogP contribution in [-0.4, -0.2) is 4.98 Å². The molecular formula is C15H19N3. The Balaban J connectivity index is 2.19. The van der Waals surface area contributed by atoms with Crippen LogP contribution < -0.4 is 11.3 Å². The monoisotopic (exact) mass is 241 g/mol. The first-order chi connectivity index (χ1) is 8.85. The average molecular weight is 241 g/mol. The minimum Gasteiger partial charge on any atom is -0.271 e. The number of unbranched alkanes of at least 4 members (excludes halogenated alkanes) is 1. The van der Waals surface area contributed by atoms with Gasteiger partial charge in [-0.15, -0.1) is 6.58 Å². The first kappa shape index (κ1) is 12.7. The van der Waals surface area contributed by atoms with E-state index >= 15 is 0 Å². The molecule has 0 saturated carbocycles. The number of rotatable bonds is 6. The largest absolute Gasteiger partial charge is 0.271 e. The van der Waals surface area contributed by atoms with Crippen molar-refractivity contribution in [3.63, 3.8) is 0 Å². The highest BCUT2D eigenvalue weighted by atomic mass is 15.2. The van der Waals surface area contributed by atoms with E-state index in [1.165, 1.54) is 0 Å². The van der Waals surface area contributed by atoms with Gasteiger partial charge in [0.05, 0.1) is 17.3 Å². The van der Waals surface area contributed by atoms with Crippen molar-refractivity contribution in [2.24, 2.45) is 5.84 Å². The van der Waals surface area contributed by atoms with Gasteiger partial charge < -0.3 is 0 Å². The van der Waals surface area contributed by atoms with Crippen molar-refractivity contribution in [3.8, 4) is 0 Å². The highest BCUT2D eigenvalue weighted by molar-refractivity contribution is 5.78. The maximum atomic E-state index is 5.62. The summed E-state index contributed by atoms with van der Waals surface area (Å²) in [5, 5.41) is 1.16. The SMILES string of the molecule is C=CCCCC(NN)c1ccc2ccccc2n1. The number of aromatic nitrogens is 1. The summed E-state index contributed by atoms with van der Waals surface area (Å²) < 4.78 is 0. The average Bonchev–Trinajstić information content (AvgIpc) is 2.43. The molecule has 3 nitrogen and oxygen atoms in total. The molecule has 2 rings (SSSR count). The molecule has 0 spiro atoms. The second kappa shape index (κ2) is 6.28. The summed E-state index contributed by atoms with van der Waals surface area (Å²) in [6.45, 7) is 3.73. The van der Waals surface area contributed by atoms with Crippen molar-refractivity contribution < 1.29 is 0 Å². The molecule has 1 atom stereocenters. The number of benzene rings is 1. The van der Waals surface area contributed by atoms with E-state index in [1.54, 1.807) is 0 Å². The van der Waals surface area contributed by atoms with Crippen LogP contribution in [0.5, 0.6) is 0 Å². The highest BCUT2D eigenvalue weighted by Gasteiger charge is 2.10. The lowest BCUT2D eigenvalue weighted by atomic mass is 10.1. The lowest BCUT2D eigenvalue weighted by Gasteiger charge is -2.15. The maximum Gasteiger partial charge on any atom is 0.0706 e. The molecule has 0 aliphatic rings. The van der Waals surface area contributed by atoms with Gasteiger partial charge in [-0.05, 0) is 31.4 Å². The first-order valence-corrected chi connectivity index (χ1v) is 6.28. The van der Waals surface area contributed by atoms with E-state index < -0.39 is 0 Å². The Morgan fingerprint density at radius 1 is 1.28 bits per heavy atom. The molecule has 2 aromatic rings. The normalized spacial score (nSPS) is 12.5. The van der Waals surface area contributed by atoms with Gasteiger partial charge >= 0.3 is 0 Å². The Morgan fingerprint density at radius 3 is 2.89 bits per heavy atom. The number of nitrogens with zero attached hydrogens (tertiary/aromatic N) is 1. The lowest BCUT2D eigenvalue weighted by molar-refractivity contribution is 0.491. The number of allylic oxidation sites excluding steroid dienone is 1. The molecule has 3 N–H and O–H groups in total.